The molecular formula is C15H18F4S2. The van der Waals surface area contributed by atoms with Crippen LogP contribution in [-0.2, 0) is 6.18 Å². The van der Waals surface area contributed by atoms with Crippen molar-refractivity contribution in [3.05, 3.63) is 35.1 Å². The molecule has 0 saturated carbocycles. The third-order valence-corrected chi connectivity index (χ3v) is 6.82. The SMILES string of the molecule is CC(C)(C)[C@H]1CS[C@H](c2ccc(C(F)(F)F)cc2F)SC1. The van der Waals surface area contributed by atoms with Crippen LogP contribution in [0.3, 0.4) is 0 Å². The predicted octanol–water partition coefficient (Wildman–Crippen LogP) is 5.99. The van der Waals surface area contributed by atoms with Crippen molar-refractivity contribution in [2.24, 2.45) is 11.3 Å². The van der Waals surface area contributed by atoms with Gasteiger partial charge in [0, 0.05) is 5.56 Å². The van der Waals surface area contributed by atoms with Crippen LogP contribution in [0.5, 0.6) is 0 Å². The van der Waals surface area contributed by atoms with Gasteiger partial charge in [0.05, 0.1) is 10.1 Å². The van der Waals surface area contributed by atoms with E-state index in [1.807, 2.05) is 0 Å². The number of rotatable bonds is 1. The average Bonchev–Trinajstić information content (AvgIpc) is 2.36. The van der Waals surface area contributed by atoms with Crippen LogP contribution in [0, 0.1) is 17.2 Å². The lowest BCUT2D eigenvalue weighted by Gasteiger charge is -2.36. The second-order valence-electron chi connectivity index (χ2n) is 6.30. The van der Waals surface area contributed by atoms with Crippen molar-refractivity contribution in [1.29, 1.82) is 0 Å². The maximum absolute atomic E-state index is 14.0. The molecule has 0 aromatic heterocycles. The van der Waals surface area contributed by atoms with Crippen LogP contribution in [-0.4, -0.2) is 11.5 Å². The molecule has 118 valence electrons. The van der Waals surface area contributed by atoms with E-state index in [1.165, 1.54) is 6.07 Å². The van der Waals surface area contributed by atoms with E-state index in [0.717, 1.165) is 17.6 Å². The van der Waals surface area contributed by atoms with E-state index in [0.29, 0.717) is 17.5 Å². The summed E-state index contributed by atoms with van der Waals surface area (Å²) in [5.74, 6) is 1.58. The highest BCUT2D eigenvalue weighted by atomic mass is 32.2. The molecule has 1 aliphatic heterocycles. The van der Waals surface area contributed by atoms with Crippen LogP contribution >= 0.6 is 23.5 Å². The highest BCUT2D eigenvalue weighted by Gasteiger charge is 2.34. The molecule has 1 fully saturated rings. The van der Waals surface area contributed by atoms with Gasteiger partial charge in [0.15, 0.2) is 0 Å². The minimum atomic E-state index is -4.50. The molecule has 0 spiro atoms. The molecule has 0 atom stereocenters. The first-order chi connectivity index (χ1) is 9.59. The molecule has 0 nitrogen and oxygen atoms in total. The molecule has 2 rings (SSSR count). The fourth-order valence-corrected chi connectivity index (χ4v) is 5.87. The van der Waals surface area contributed by atoms with Gasteiger partial charge in [-0.3, -0.25) is 0 Å². The molecule has 1 aromatic rings. The molecule has 0 amide bonds. The van der Waals surface area contributed by atoms with E-state index < -0.39 is 17.6 Å². The fourth-order valence-electron chi connectivity index (χ4n) is 2.08. The largest absolute Gasteiger partial charge is 0.416 e. The Bertz CT molecular complexity index is 497. The summed E-state index contributed by atoms with van der Waals surface area (Å²) in [5.41, 5.74) is -0.364. The molecule has 0 bridgehead atoms. The Labute approximate surface area is 131 Å². The van der Waals surface area contributed by atoms with Gasteiger partial charge in [-0.1, -0.05) is 26.8 Å². The Morgan fingerprint density at radius 3 is 2.05 bits per heavy atom. The van der Waals surface area contributed by atoms with E-state index in [4.69, 9.17) is 0 Å². The van der Waals surface area contributed by atoms with Crippen molar-refractivity contribution in [2.75, 3.05) is 11.5 Å². The Morgan fingerprint density at radius 1 is 1.05 bits per heavy atom. The van der Waals surface area contributed by atoms with Gasteiger partial charge in [0.25, 0.3) is 0 Å². The predicted molar refractivity (Wildman–Crippen MR) is 82.0 cm³/mol. The maximum atomic E-state index is 14.0. The lowest BCUT2D eigenvalue weighted by Crippen LogP contribution is -2.28. The number of hydrogen-bond donors (Lipinski definition) is 0. The summed E-state index contributed by atoms with van der Waals surface area (Å²) in [6.07, 6.45) is -4.50. The zero-order valence-corrected chi connectivity index (χ0v) is 13.8. The lowest BCUT2D eigenvalue weighted by molar-refractivity contribution is -0.137. The average molecular weight is 338 g/mol. The molecule has 1 heterocycles. The molecular weight excluding hydrogens is 320 g/mol. The summed E-state index contributed by atoms with van der Waals surface area (Å²) in [5, 5.41) is 0. The van der Waals surface area contributed by atoms with Crippen LogP contribution in [0.25, 0.3) is 0 Å². The van der Waals surface area contributed by atoms with Gasteiger partial charge in [0.2, 0.25) is 0 Å². The Kier molecular flexibility index (Phi) is 4.88. The number of halogens is 4. The van der Waals surface area contributed by atoms with E-state index in [1.54, 1.807) is 23.5 Å². The Balaban J connectivity index is 2.11. The topological polar surface area (TPSA) is 0 Å². The molecule has 0 aliphatic carbocycles. The van der Waals surface area contributed by atoms with E-state index >= 15 is 0 Å². The van der Waals surface area contributed by atoms with Crippen molar-refractivity contribution in [1.82, 2.24) is 0 Å². The number of benzene rings is 1. The summed E-state index contributed by atoms with van der Waals surface area (Å²) in [6, 6.07) is 2.85. The number of hydrogen-bond acceptors (Lipinski definition) is 2. The smallest absolute Gasteiger partial charge is 0.207 e. The van der Waals surface area contributed by atoms with Gasteiger partial charge in [0.1, 0.15) is 5.82 Å². The monoisotopic (exact) mass is 338 g/mol. The third-order valence-electron chi connectivity index (χ3n) is 3.70. The minimum Gasteiger partial charge on any atom is -0.207 e. The molecule has 1 aromatic carbocycles. The first-order valence-electron chi connectivity index (χ1n) is 6.69. The standard InChI is InChI=1S/C15H18F4S2/c1-14(2,3)10-7-20-13(21-8-10)11-5-4-9(6-12(11)16)15(17,18)19/h4-6,10,13H,7-8H2,1-3H3/t10-,13-. The molecule has 0 unspecified atom stereocenters. The van der Waals surface area contributed by atoms with Crippen molar-refractivity contribution >= 4 is 23.5 Å². The van der Waals surface area contributed by atoms with Gasteiger partial charge in [-0.05, 0) is 35.0 Å². The molecule has 0 radical (unpaired) electrons. The lowest BCUT2D eigenvalue weighted by atomic mass is 9.83. The molecule has 1 saturated heterocycles. The molecule has 1 aliphatic rings. The highest BCUT2D eigenvalue weighted by molar-refractivity contribution is 8.16. The van der Waals surface area contributed by atoms with Crippen LogP contribution in [0.15, 0.2) is 18.2 Å². The normalized spacial score (nSPS) is 24.1. The molecule has 6 heteroatoms. The van der Waals surface area contributed by atoms with Gasteiger partial charge < -0.3 is 0 Å². The Hall–Kier alpha value is -0.360. The quantitative estimate of drug-likeness (QED) is 0.577. The maximum Gasteiger partial charge on any atom is 0.416 e. The van der Waals surface area contributed by atoms with Gasteiger partial charge in [-0.2, -0.15) is 13.2 Å². The zero-order valence-electron chi connectivity index (χ0n) is 12.1. The first-order valence-corrected chi connectivity index (χ1v) is 8.78. The summed E-state index contributed by atoms with van der Waals surface area (Å²) in [6.45, 7) is 6.54. The van der Waals surface area contributed by atoms with E-state index in [9.17, 15) is 17.6 Å². The number of thioether (sulfide) groups is 2. The number of alkyl halides is 3. The summed E-state index contributed by atoms with van der Waals surface area (Å²) in [7, 11) is 0. The van der Waals surface area contributed by atoms with Crippen molar-refractivity contribution in [3.63, 3.8) is 0 Å². The summed E-state index contributed by atoms with van der Waals surface area (Å²) >= 11 is 3.24. The van der Waals surface area contributed by atoms with Gasteiger partial charge in [-0.15, -0.1) is 23.5 Å². The van der Waals surface area contributed by atoms with Crippen LogP contribution in [0.2, 0.25) is 0 Å². The molecule has 21 heavy (non-hydrogen) atoms. The third kappa shape index (κ3) is 4.09. The van der Waals surface area contributed by atoms with E-state index in [2.05, 4.69) is 20.8 Å². The zero-order chi connectivity index (χ0) is 15.8. The second-order valence-corrected chi connectivity index (χ2v) is 8.87. The molecule has 0 N–H and O–H groups in total. The fraction of sp³-hybridized carbons (Fsp3) is 0.600. The minimum absolute atomic E-state index is 0.120. The first kappa shape index (κ1) is 17.0. The van der Waals surface area contributed by atoms with Crippen molar-refractivity contribution in [3.8, 4) is 0 Å². The van der Waals surface area contributed by atoms with E-state index in [-0.39, 0.29) is 10.00 Å². The summed E-state index contributed by atoms with van der Waals surface area (Å²) in [4.78, 5) is 0. The van der Waals surface area contributed by atoms with Crippen molar-refractivity contribution in [2.45, 2.75) is 31.5 Å². The van der Waals surface area contributed by atoms with Gasteiger partial charge in [-0.25, -0.2) is 4.39 Å². The van der Waals surface area contributed by atoms with Crippen LogP contribution < -0.4 is 0 Å². The van der Waals surface area contributed by atoms with Crippen LogP contribution in [0.1, 0.15) is 36.5 Å². The highest BCUT2D eigenvalue weighted by Crippen LogP contribution is 2.50. The van der Waals surface area contributed by atoms with Crippen molar-refractivity contribution < 1.29 is 17.6 Å². The Morgan fingerprint density at radius 2 is 1.62 bits per heavy atom. The second kappa shape index (κ2) is 6.03. The van der Waals surface area contributed by atoms with Crippen LogP contribution in [0.4, 0.5) is 17.6 Å². The summed E-state index contributed by atoms with van der Waals surface area (Å²) < 4.78 is 51.5. The van der Waals surface area contributed by atoms with Gasteiger partial charge >= 0.3 is 6.18 Å².